The molecule has 1 saturated carbocycles. The molecule has 3 aromatic heterocycles. The molecule has 1 aliphatic rings. The maximum Gasteiger partial charge on any atom is 0.251 e. The van der Waals surface area contributed by atoms with Gasteiger partial charge in [-0.2, -0.15) is 0 Å². The number of rotatable bonds is 5. The lowest BCUT2D eigenvalue weighted by atomic mass is 9.84. The Bertz CT molecular complexity index is 884. The molecule has 3 aromatic rings. The van der Waals surface area contributed by atoms with Crippen LogP contribution in [0.3, 0.4) is 0 Å². The summed E-state index contributed by atoms with van der Waals surface area (Å²) in [5.41, 5.74) is 6.89. The summed E-state index contributed by atoms with van der Waals surface area (Å²) in [6.07, 6.45) is 10.1. The van der Waals surface area contributed by atoms with Crippen molar-refractivity contribution in [1.29, 1.82) is 0 Å². The maximum absolute atomic E-state index is 13.0. The number of amides is 1. The molecule has 4 rings (SSSR count). The second-order valence-electron chi connectivity index (χ2n) is 6.79. The molecule has 0 aromatic carbocycles. The topological polar surface area (TPSA) is 98.7 Å². The molecule has 136 valence electrons. The molecule has 1 aliphatic carbocycles. The van der Waals surface area contributed by atoms with E-state index >= 15 is 0 Å². The number of fused-ring (bicyclic) bond motifs is 1. The van der Waals surface area contributed by atoms with Gasteiger partial charge in [0, 0.05) is 17.8 Å². The molecule has 0 aliphatic heterocycles. The molecular weight excluding hydrogens is 348 g/mol. The number of carbonyl (C=O) groups excluding carboxylic acids is 1. The van der Waals surface area contributed by atoms with Crippen LogP contribution in [-0.2, 0) is 4.79 Å². The van der Waals surface area contributed by atoms with Gasteiger partial charge in [0.1, 0.15) is 11.9 Å². The average Bonchev–Trinajstić information content (AvgIpc) is 3.29. The van der Waals surface area contributed by atoms with Crippen LogP contribution in [0, 0.1) is 5.92 Å². The molecule has 3 N–H and O–H groups in total. The van der Waals surface area contributed by atoms with E-state index in [4.69, 9.17) is 5.73 Å². The zero-order valence-corrected chi connectivity index (χ0v) is 15.3. The van der Waals surface area contributed by atoms with Crippen LogP contribution in [0.25, 0.3) is 11.0 Å². The van der Waals surface area contributed by atoms with E-state index in [2.05, 4.69) is 20.4 Å². The summed E-state index contributed by atoms with van der Waals surface area (Å²) < 4.78 is 1.65. The molecule has 0 saturated heterocycles. The normalized spacial score (nSPS) is 16.6. The van der Waals surface area contributed by atoms with E-state index in [9.17, 15) is 4.79 Å². The van der Waals surface area contributed by atoms with Crippen molar-refractivity contribution in [3.63, 3.8) is 0 Å². The molecule has 1 atom stereocenters. The van der Waals surface area contributed by atoms with Gasteiger partial charge in [-0.05, 0) is 24.5 Å². The van der Waals surface area contributed by atoms with Crippen LogP contribution in [0.4, 0.5) is 10.9 Å². The van der Waals surface area contributed by atoms with E-state index in [1.165, 1.54) is 30.6 Å². The van der Waals surface area contributed by atoms with Crippen molar-refractivity contribution in [2.24, 2.45) is 5.92 Å². The highest BCUT2D eigenvalue weighted by Gasteiger charge is 2.29. The largest absolute Gasteiger partial charge is 0.383 e. The SMILES string of the molecule is Nc1c2cccnc2nn1C(CC1CCCCC1)C(=O)Nc1nccs1. The fraction of sp³-hybridized carbons (Fsp3) is 0.444. The summed E-state index contributed by atoms with van der Waals surface area (Å²) in [5.74, 6) is 0.878. The number of carbonyl (C=O) groups is 1. The van der Waals surface area contributed by atoms with Crippen molar-refractivity contribution in [3.8, 4) is 0 Å². The van der Waals surface area contributed by atoms with Gasteiger partial charge in [0.25, 0.3) is 5.91 Å². The van der Waals surface area contributed by atoms with Crippen LogP contribution >= 0.6 is 11.3 Å². The number of thiazole rings is 1. The van der Waals surface area contributed by atoms with Crippen molar-refractivity contribution < 1.29 is 4.79 Å². The fourth-order valence-electron chi connectivity index (χ4n) is 3.72. The van der Waals surface area contributed by atoms with Crippen LogP contribution < -0.4 is 11.1 Å². The van der Waals surface area contributed by atoms with E-state index < -0.39 is 6.04 Å². The predicted octanol–water partition coefficient (Wildman–Crippen LogP) is 3.62. The number of aromatic nitrogens is 4. The quantitative estimate of drug-likeness (QED) is 0.715. The summed E-state index contributed by atoms with van der Waals surface area (Å²) in [6.45, 7) is 0. The van der Waals surface area contributed by atoms with E-state index in [0.29, 0.717) is 22.5 Å². The van der Waals surface area contributed by atoms with Gasteiger partial charge in [-0.15, -0.1) is 16.4 Å². The Morgan fingerprint density at radius 1 is 1.31 bits per heavy atom. The molecule has 26 heavy (non-hydrogen) atoms. The third-order valence-electron chi connectivity index (χ3n) is 5.05. The number of pyridine rings is 1. The summed E-state index contributed by atoms with van der Waals surface area (Å²) in [4.78, 5) is 21.5. The first-order valence-electron chi connectivity index (χ1n) is 9.01. The van der Waals surface area contributed by atoms with Gasteiger partial charge in [0.2, 0.25) is 0 Å². The van der Waals surface area contributed by atoms with Gasteiger partial charge in [0.05, 0.1) is 5.39 Å². The Morgan fingerprint density at radius 3 is 2.88 bits per heavy atom. The third-order valence-corrected chi connectivity index (χ3v) is 5.74. The molecular formula is C18H22N6OS. The molecule has 8 heteroatoms. The van der Waals surface area contributed by atoms with Gasteiger partial charge in [-0.1, -0.05) is 32.1 Å². The molecule has 1 fully saturated rings. The molecule has 0 spiro atoms. The number of anilines is 2. The van der Waals surface area contributed by atoms with Crippen molar-refractivity contribution in [3.05, 3.63) is 29.9 Å². The molecule has 0 radical (unpaired) electrons. The maximum atomic E-state index is 13.0. The Labute approximate surface area is 155 Å². The summed E-state index contributed by atoms with van der Waals surface area (Å²) >= 11 is 1.40. The minimum Gasteiger partial charge on any atom is -0.383 e. The first kappa shape index (κ1) is 17.0. The minimum absolute atomic E-state index is 0.120. The van der Waals surface area contributed by atoms with Crippen LogP contribution in [0.1, 0.15) is 44.6 Å². The van der Waals surface area contributed by atoms with Gasteiger partial charge >= 0.3 is 0 Å². The Balaban J connectivity index is 1.66. The van der Waals surface area contributed by atoms with Crippen LogP contribution in [-0.4, -0.2) is 25.7 Å². The van der Waals surface area contributed by atoms with Crippen molar-refractivity contribution in [1.82, 2.24) is 19.7 Å². The first-order valence-corrected chi connectivity index (χ1v) is 9.89. The number of nitrogens with zero attached hydrogens (tertiary/aromatic N) is 4. The lowest BCUT2D eigenvalue weighted by Crippen LogP contribution is -2.30. The van der Waals surface area contributed by atoms with Crippen LogP contribution in [0.2, 0.25) is 0 Å². The molecule has 1 unspecified atom stereocenters. The van der Waals surface area contributed by atoms with Gasteiger partial charge in [0.15, 0.2) is 10.8 Å². The van der Waals surface area contributed by atoms with Crippen LogP contribution in [0.15, 0.2) is 29.9 Å². The predicted molar refractivity (Wildman–Crippen MR) is 103 cm³/mol. The standard InChI is InChI=1S/C18H22N6OS/c19-15-13-7-4-8-20-16(13)23-24(15)14(11-12-5-2-1-3-6-12)17(25)22-18-21-9-10-26-18/h4,7-10,12,14H,1-3,5-6,11,19H2,(H,21,22,25). The fourth-order valence-corrected chi connectivity index (χ4v) is 4.26. The summed E-state index contributed by atoms with van der Waals surface area (Å²) in [7, 11) is 0. The minimum atomic E-state index is -0.462. The molecule has 3 heterocycles. The summed E-state index contributed by atoms with van der Waals surface area (Å²) in [5, 5.41) is 10.7. The van der Waals surface area contributed by atoms with Crippen molar-refractivity contribution in [2.75, 3.05) is 11.1 Å². The van der Waals surface area contributed by atoms with Gasteiger partial charge < -0.3 is 11.1 Å². The Kier molecular flexibility index (Phi) is 4.83. The number of nitrogens with one attached hydrogen (secondary N) is 1. The van der Waals surface area contributed by atoms with E-state index in [0.717, 1.165) is 24.6 Å². The van der Waals surface area contributed by atoms with Gasteiger partial charge in [-0.3, -0.25) is 4.79 Å². The zero-order valence-electron chi connectivity index (χ0n) is 14.5. The Hall–Kier alpha value is -2.48. The van der Waals surface area contributed by atoms with Crippen molar-refractivity contribution >= 4 is 39.2 Å². The first-order chi connectivity index (χ1) is 12.7. The second kappa shape index (κ2) is 7.41. The molecule has 1 amide bonds. The lowest BCUT2D eigenvalue weighted by Gasteiger charge is -2.26. The number of hydrogen-bond donors (Lipinski definition) is 2. The van der Waals surface area contributed by atoms with Crippen LogP contribution in [0.5, 0.6) is 0 Å². The highest BCUT2D eigenvalue weighted by molar-refractivity contribution is 7.13. The second-order valence-corrected chi connectivity index (χ2v) is 7.68. The third kappa shape index (κ3) is 3.41. The number of nitrogen functional groups attached to an aromatic ring is 1. The summed E-state index contributed by atoms with van der Waals surface area (Å²) in [6, 6.07) is 3.25. The molecule has 7 nitrogen and oxygen atoms in total. The highest BCUT2D eigenvalue weighted by atomic mass is 32.1. The van der Waals surface area contributed by atoms with E-state index in [1.807, 2.05) is 17.5 Å². The van der Waals surface area contributed by atoms with E-state index in [-0.39, 0.29) is 5.91 Å². The Morgan fingerprint density at radius 2 is 2.15 bits per heavy atom. The number of nitrogens with two attached hydrogens (primary N) is 1. The van der Waals surface area contributed by atoms with Crippen molar-refractivity contribution in [2.45, 2.75) is 44.6 Å². The average molecular weight is 370 g/mol. The smallest absolute Gasteiger partial charge is 0.251 e. The van der Waals surface area contributed by atoms with E-state index in [1.54, 1.807) is 17.1 Å². The zero-order chi connectivity index (χ0) is 17.9. The molecule has 0 bridgehead atoms. The highest BCUT2D eigenvalue weighted by Crippen LogP contribution is 2.33. The monoisotopic (exact) mass is 370 g/mol. The lowest BCUT2D eigenvalue weighted by molar-refractivity contribution is -0.120. The van der Waals surface area contributed by atoms with Gasteiger partial charge in [-0.25, -0.2) is 14.6 Å². The number of hydrogen-bond acceptors (Lipinski definition) is 6.